The van der Waals surface area contributed by atoms with Gasteiger partial charge in [0.1, 0.15) is 5.82 Å². The minimum atomic E-state index is -0.653. The highest BCUT2D eigenvalue weighted by Gasteiger charge is 2.18. The predicted octanol–water partition coefficient (Wildman–Crippen LogP) is 1.91. The van der Waals surface area contributed by atoms with E-state index in [9.17, 15) is 14.0 Å². The Labute approximate surface area is 149 Å². The molecule has 1 aromatic heterocycles. The largest absolute Gasteiger partial charge is 0.346 e. The first-order valence-corrected chi connectivity index (χ1v) is 8.69. The quantitative estimate of drug-likeness (QED) is 0.699. The van der Waals surface area contributed by atoms with Crippen molar-refractivity contribution < 1.29 is 14.0 Å². The van der Waals surface area contributed by atoms with Gasteiger partial charge in [0, 0.05) is 17.5 Å². The molecular weight excluding hydrogens is 343 g/mol. The predicted molar refractivity (Wildman–Crippen MR) is 95.8 cm³/mol. The Kier molecular flexibility index (Phi) is 6.60. The number of hydrogen-bond acceptors (Lipinski definition) is 5. The fraction of sp³-hybridized carbons (Fsp3) is 0.353. The van der Waals surface area contributed by atoms with Crippen molar-refractivity contribution in [2.75, 3.05) is 11.9 Å². The summed E-state index contributed by atoms with van der Waals surface area (Å²) in [5.74, 6) is -1.05. The van der Waals surface area contributed by atoms with E-state index in [1.165, 1.54) is 17.4 Å². The number of carbonyl (C=O) groups excluding carboxylic acids is 2. The molecule has 25 heavy (non-hydrogen) atoms. The summed E-state index contributed by atoms with van der Waals surface area (Å²) in [6, 6.07) is 5.87. The number of rotatable bonds is 7. The van der Waals surface area contributed by atoms with E-state index >= 15 is 0 Å². The highest BCUT2D eigenvalue weighted by atomic mass is 32.1. The summed E-state index contributed by atoms with van der Waals surface area (Å²) in [5, 5.41) is 5.50. The number of halogens is 1. The van der Waals surface area contributed by atoms with E-state index in [0.29, 0.717) is 17.1 Å². The number of hydrogen-bond donors (Lipinski definition) is 3. The molecule has 8 heteroatoms. The zero-order valence-electron chi connectivity index (χ0n) is 14.1. The van der Waals surface area contributed by atoms with Gasteiger partial charge in [-0.1, -0.05) is 32.0 Å². The van der Waals surface area contributed by atoms with E-state index in [4.69, 9.17) is 5.73 Å². The fourth-order valence-electron chi connectivity index (χ4n) is 2.03. The Morgan fingerprint density at radius 1 is 1.32 bits per heavy atom. The summed E-state index contributed by atoms with van der Waals surface area (Å²) in [7, 11) is 0. The third kappa shape index (κ3) is 5.61. The van der Waals surface area contributed by atoms with Crippen molar-refractivity contribution in [2.45, 2.75) is 26.3 Å². The van der Waals surface area contributed by atoms with Crippen molar-refractivity contribution in [3.8, 4) is 0 Å². The van der Waals surface area contributed by atoms with Crippen LogP contribution >= 0.6 is 11.3 Å². The molecule has 0 bridgehead atoms. The Balaban J connectivity index is 1.85. The summed E-state index contributed by atoms with van der Waals surface area (Å²) in [5.41, 5.74) is 6.27. The molecule has 0 unspecified atom stereocenters. The summed E-state index contributed by atoms with van der Waals surface area (Å²) in [6.07, 6.45) is 2.00. The van der Waals surface area contributed by atoms with Crippen molar-refractivity contribution in [2.24, 2.45) is 11.7 Å². The van der Waals surface area contributed by atoms with Crippen LogP contribution in [0.2, 0.25) is 0 Å². The van der Waals surface area contributed by atoms with Crippen molar-refractivity contribution in [3.05, 3.63) is 46.7 Å². The van der Waals surface area contributed by atoms with Gasteiger partial charge in [0.05, 0.1) is 12.6 Å². The van der Waals surface area contributed by atoms with Gasteiger partial charge in [0.25, 0.3) is 0 Å². The standard InChI is InChI=1S/C17H21FN4O2S/c1-10(2)15(19)16(24)20-9-14(23)22-17-21-8-12(25-17)7-11-5-3-4-6-13(11)18/h3-6,8,10,15H,7,9,19H2,1-2H3,(H,20,24)(H,21,22,23)/t15-/m0/s1. The number of nitrogens with two attached hydrogens (primary N) is 1. The van der Waals surface area contributed by atoms with Gasteiger partial charge in [-0.2, -0.15) is 0 Å². The number of anilines is 1. The molecular formula is C17H21FN4O2S. The van der Waals surface area contributed by atoms with Crippen LogP contribution in [0.15, 0.2) is 30.5 Å². The molecule has 0 aliphatic heterocycles. The number of thiazole rings is 1. The van der Waals surface area contributed by atoms with Gasteiger partial charge >= 0.3 is 0 Å². The lowest BCUT2D eigenvalue weighted by Gasteiger charge is -2.14. The maximum absolute atomic E-state index is 13.7. The Morgan fingerprint density at radius 3 is 2.72 bits per heavy atom. The van der Waals surface area contributed by atoms with Gasteiger partial charge < -0.3 is 16.4 Å². The Morgan fingerprint density at radius 2 is 2.04 bits per heavy atom. The summed E-state index contributed by atoms with van der Waals surface area (Å²) >= 11 is 1.26. The molecule has 134 valence electrons. The van der Waals surface area contributed by atoms with Crippen LogP contribution in [0.5, 0.6) is 0 Å². The molecule has 0 radical (unpaired) electrons. The minimum absolute atomic E-state index is 0.0111. The van der Waals surface area contributed by atoms with E-state index < -0.39 is 11.9 Å². The summed E-state index contributed by atoms with van der Waals surface area (Å²) in [6.45, 7) is 3.48. The van der Waals surface area contributed by atoms with Crippen molar-refractivity contribution in [1.29, 1.82) is 0 Å². The van der Waals surface area contributed by atoms with E-state index in [1.54, 1.807) is 24.4 Å². The molecule has 4 N–H and O–H groups in total. The second-order valence-electron chi connectivity index (χ2n) is 5.94. The number of benzene rings is 1. The van der Waals surface area contributed by atoms with Gasteiger partial charge in [-0.25, -0.2) is 9.37 Å². The lowest BCUT2D eigenvalue weighted by atomic mass is 10.1. The number of aromatic nitrogens is 1. The Bertz CT molecular complexity index is 748. The summed E-state index contributed by atoms with van der Waals surface area (Å²) < 4.78 is 13.7. The molecule has 0 aliphatic rings. The molecule has 0 fully saturated rings. The second-order valence-corrected chi connectivity index (χ2v) is 7.05. The van der Waals surface area contributed by atoms with Gasteiger partial charge in [0.15, 0.2) is 5.13 Å². The van der Waals surface area contributed by atoms with Crippen molar-refractivity contribution in [1.82, 2.24) is 10.3 Å². The third-order valence-electron chi connectivity index (χ3n) is 3.57. The normalized spacial score (nSPS) is 12.0. The molecule has 2 aromatic rings. The maximum atomic E-state index is 13.7. The van der Waals surface area contributed by atoms with E-state index in [-0.39, 0.29) is 24.2 Å². The highest BCUT2D eigenvalue weighted by molar-refractivity contribution is 7.15. The van der Waals surface area contributed by atoms with Gasteiger partial charge in [-0.05, 0) is 17.5 Å². The topological polar surface area (TPSA) is 97.1 Å². The average Bonchev–Trinajstić information content (AvgIpc) is 3.01. The molecule has 2 rings (SSSR count). The molecule has 0 saturated carbocycles. The van der Waals surface area contributed by atoms with Crippen LogP contribution in [0.3, 0.4) is 0 Å². The van der Waals surface area contributed by atoms with Crippen LogP contribution < -0.4 is 16.4 Å². The van der Waals surface area contributed by atoms with Crippen molar-refractivity contribution >= 4 is 28.3 Å². The lowest BCUT2D eigenvalue weighted by Crippen LogP contribution is -2.46. The number of carbonyl (C=O) groups is 2. The van der Waals surface area contributed by atoms with Crippen LogP contribution in [0.25, 0.3) is 0 Å². The number of amides is 2. The molecule has 6 nitrogen and oxygen atoms in total. The van der Waals surface area contributed by atoms with Gasteiger partial charge in [-0.15, -0.1) is 11.3 Å². The fourth-order valence-corrected chi connectivity index (χ4v) is 2.88. The number of nitrogens with one attached hydrogen (secondary N) is 2. The minimum Gasteiger partial charge on any atom is -0.346 e. The number of nitrogens with zero attached hydrogens (tertiary/aromatic N) is 1. The monoisotopic (exact) mass is 364 g/mol. The first-order valence-electron chi connectivity index (χ1n) is 7.88. The van der Waals surface area contributed by atoms with Crippen LogP contribution in [0.1, 0.15) is 24.3 Å². The molecule has 0 saturated heterocycles. The van der Waals surface area contributed by atoms with Crippen LogP contribution in [0, 0.1) is 11.7 Å². The highest BCUT2D eigenvalue weighted by Crippen LogP contribution is 2.22. The maximum Gasteiger partial charge on any atom is 0.245 e. The zero-order chi connectivity index (χ0) is 18.4. The molecule has 0 aliphatic carbocycles. The van der Waals surface area contributed by atoms with E-state index in [1.807, 2.05) is 13.8 Å². The van der Waals surface area contributed by atoms with Crippen LogP contribution in [-0.4, -0.2) is 29.4 Å². The summed E-state index contributed by atoms with van der Waals surface area (Å²) in [4.78, 5) is 28.5. The zero-order valence-corrected chi connectivity index (χ0v) is 14.9. The smallest absolute Gasteiger partial charge is 0.245 e. The van der Waals surface area contributed by atoms with Crippen molar-refractivity contribution in [3.63, 3.8) is 0 Å². The average molecular weight is 364 g/mol. The van der Waals surface area contributed by atoms with Crippen LogP contribution in [-0.2, 0) is 16.0 Å². The SMILES string of the molecule is CC(C)[C@H](N)C(=O)NCC(=O)Nc1ncc(Cc2ccccc2F)s1. The van der Waals surface area contributed by atoms with Gasteiger partial charge in [-0.3, -0.25) is 9.59 Å². The molecule has 0 spiro atoms. The molecule has 2 amide bonds. The molecule has 1 heterocycles. The Hall–Kier alpha value is -2.32. The first-order chi connectivity index (χ1) is 11.9. The van der Waals surface area contributed by atoms with E-state index in [0.717, 1.165) is 4.88 Å². The molecule has 1 aromatic carbocycles. The molecule has 1 atom stereocenters. The first kappa shape index (κ1) is 19.0. The lowest BCUT2D eigenvalue weighted by molar-refractivity contribution is -0.125. The van der Waals surface area contributed by atoms with Crippen LogP contribution in [0.4, 0.5) is 9.52 Å². The third-order valence-corrected chi connectivity index (χ3v) is 4.48. The second kappa shape index (κ2) is 8.68. The van der Waals surface area contributed by atoms with E-state index in [2.05, 4.69) is 15.6 Å². The van der Waals surface area contributed by atoms with Gasteiger partial charge in [0.2, 0.25) is 11.8 Å².